The number of carbonyl (C=O) groups excluding carboxylic acids is 2. The van der Waals surface area contributed by atoms with E-state index in [9.17, 15) is 9.59 Å². The van der Waals surface area contributed by atoms with Crippen LogP contribution in [0, 0.1) is 0 Å². The summed E-state index contributed by atoms with van der Waals surface area (Å²) in [6.07, 6.45) is -1.64. The number of rotatable bonds is 2. The third-order valence-corrected chi connectivity index (χ3v) is 0.865. The standard InChI is InChI=1S/C5H9NO3/c1-3(7)4(2)9-5(6)8/h4H,1-2H3,(H2,6,8)/t4-/m1/s1. The molecule has 0 heterocycles. The van der Waals surface area contributed by atoms with Gasteiger partial charge in [0.1, 0.15) is 0 Å². The van der Waals surface area contributed by atoms with Crippen molar-refractivity contribution in [3.63, 3.8) is 0 Å². The van der Waals surface area contributed by atoms with E-state index in [0.29, 0.717) is 0 Å². The molecule has 0 aromatic carbocycles. The van der Waals surface area contributed by atoms with Crippen molar-refractivity contribution in [2.24, 2.45) is 5.73 Å². The molecule has 52 valence electrons. The van der Waals surface area contributed by atoms with Crippen LogP contribution in [0.25, 0.3) is 0 Å². The summed E-state index contributed by atoms with van der Waals surface area (Å²) in [4.78, 5) is 20.3. The fourth-order valence-corrected chi connectivity index (χ4v) is 0.257. The molecule has 0 aromatic heterocycles. The van der Waals surface area contributed by atoms with Gasteiger partial charge in [0, 0.05) is 0 Å². The molecule has 0 unspecified atom stereocenters. The van der Waals surface area contributed by atoms with Gasteiger partial charge < -0.3 is 10.5 Å². The first-order chi connectivity index (χ1) is 4.04. The molecule has 4 heteroatoms. The Labute approximate surface area is 53.0 Å². The molecule has 0 spiro atoms. The van der Waals surface area contributed by atoms with Crippen LogP contribution < -0.4 is 5.73 Å². The lowest BCUT2D eigenvalue weighted by atomic mass is 10.3. The van der Waals surface area contributed by atoms with Crippen LogP contribution in [0.2, 0.25) is 0 Å². The second-order valence-corrected chi connectivity index (χ2v) is 1.69. The third kappa shape index (κ3) is 3.52. The van der Waals surface area contributed by atoms with Gasteiger partial charge in [0.15, 0.2) is 11.9 Å². The Kier molecular flexibility index (Phi) is 2.70. The maximum absolute atomic E-state index is 10.3. The third-order valence-electron chi connectivity index (χ3n) is 0.865. The summed E-state index contributed by atoms with van der Waals surface area (Å²) in [6.45, 7) is 2.79. The van der Waals surface area contributed by atoms with Gasteiger partial charge in [-0.3, -0.25) is 4.79 Å². The molecule has 0 rings (SSSR count). The Bertz CT molecular complexity index is 132. The van der Waals surface area contributed by atoms with E-state index in [0.717, 1.165) is 0 Å². The zero-order valence-electron chi connectivity index (χ0n) is 5.38. The minimum Gasteiger partial charge on any atom is -0.439 e. The van der Waals surface area contributed by atoms with Gasteiger partial charge in [-0.15, -0.1) is 0 Å². The van der Waals surface area contributed by atoms with Gasteiger partial charge in [-0.2, -0.15) is 0 Å². The van der Waals surface area contributed by atoms with Crippen molar-refractivity contribution in [2.75, 3.05) is 0 Å². The van der Waals surface area contributed by atoms with E-state index in [1.165, 1.54) is 13.8 Å². The average molecular weight is 131 g/mol. The van der Waals surface area contributed by atoms with Crippen LogP contribution in [0.4, 0.5) is 4.79 Å². The van der Waals surface area contributed by atoms with Crippen LogP contribution in [0.3, 0.4) is 0 Å². The van der Waals surface area contributed by atoms with Crippen molar-refractivity contribution in [1.29, 1.82) is 0 Å². The van der Waals surface area contributed by atoms with E-state index < -0.39 is 12.2 Å². The number of nitrogens with two attached hydrogens (primary N) is 1. The van der Waals surface area contributed by atoms with E-state index in [2.05, 4.69) is 10.5 Å². The first-order valence-electron chi connectivity index (χ1n) is 2.50. The number of hydrogen-bond acceptors (Lipinski definition) is 3. The van der Waals surface area contributed by atoms with E-state index in [1.54, 1.807) is 0 Å². The van der Waals surface area contributed by atoms with Crippen LogP contribution in [-0.2, 0) is 9.53 Å². The highest BCUT2D eigenvalue weighted by atomic mass is 16.6. The van der Waals surface area contributed by atoms with Crippen LogP contribution in [-0.4, -0.2) is 18.0 Å². The largest absolute Gasteiger partial charge is 0.439 e. The smallest absolute Gasteiger partial charge is 0.405 e. The fraction of sp³-hybridized carbons (Fsp3) is 0.600. The molecule has 1 amide bonds. The van der Waals surface area contributed by atoms with Gasteiger partial charge in [0.2, 0.25) is 0 Å². The number of ether oxygens (including phenoxy) is 1. The quantitative estimate of drug-likeness (QED) is 0.576. The summed E-state index contributed by atoms with van der Waals surface area (Å²) < 4.78 is 4.30. The van der Waals surface area contributed by atoms with E-state index in [1.807, 2.05) is 0 Å². The first kappa shape index (κ1) is 7.94. The Balaban J connectivity index is 3.63. The summed E-state index contributed by atoms with van der Waals surface area (Å²) in [5, 5.41) is 0. The molecular formula is C5H9NO3. The Hall–Kier alpha value is -1.06. The van der Waals surface area contributed by atoms with Crippen molar-refractivity contribution < 1.29 is 14.3 Å². The van der Waals surface area contributed by atoms with Gasteiger partial charge in [-0.1, -0.05) is 0 Å². The highest BCUT2D eigenvalue weighted by molar-refractivity contribution is 5.82. The summed E-state index contributed by atoms with van der Waals surface area (Å²) in [5.41, 5.74) is 4.62. The van der Waals surface area contributed by atoms with E-state index >= 15 is 0 Å². The number of ketones is 1. The summed E-state index contributed by atoms with van der Waals surface area (Å²) in [7, 11) is 0. The monoisotopic (exact) mass is 131 g/mol. The molecule has 0 radical (unpaired) electrons. The number of carbonyl (C=O) groups is 2. The molecule has 0 fully saturated rings. The van der Waals surface area contributed by atoms with E-state index in [4.69, 9.17) is 0 Å². The maximum Gasteiger partial charge on any atom is 0.405 e. The lowest BCUT2D eigenvalue weighted by Gasteiger charge is -2.05. The summed E-state index contributed by atoms with van der Waals surface area (Å²) in [5.74, 6) is -0.214. The zero-order chi connectivity index (χ0) is 7.44. The summed E-state index contributed by atoms with van der Waals surface area (Å²) >= 11 is 0. The second-order valence-electron chi connectivity index (χ2n) is 1.69. The van der Waals surface area contributed by atoms with Crippen molar-refractivity contribution in [3.05, 3.63) is 0 Å². The molecule has 0 aliphatic carbocycles. The normalized spacial score (nSPS) is 12.2. The molecule has 0 aliphatic heterocycles. The van der Waals surface area contributed by atoms with Gasteiger partial charge in [0.05, 0.1) is 0 Å². The van der Waals surface area contributed by atoms with Crippen molar-refractivity contribution in [2.45, 2.75) is 20.0 Å². The fourth-order valence-electron chi connectivity index (χ4n) is 0.257. The molecule has 1 atom stereocenters. The molecule has 9 heavy (non-hydrogen) atoms. The lowest BCUT2D eigenvalue weighted by Crippen LogP contribution is -2.25. The van der Waals surface area contributed by atoms with Gasteiger partial charge in [-0.05, 0) is 13.8 Å². The molecule has 0 aliphatic rings. The topological polar surface area (TPSA) is 69.4 Å². The maximum atomic E-state index is 10.3. The number of amides is 1. The zero-order valence-corrected chi connectivity index (χ0v) is 5.38. The number of hydrogen-bond donors (Lipinski definition) is 1. The van der Waals surface area contributed by atoms with Crippen LogP contribution in [0.1, 0.15) is 13.8 Å². The molecule has 0 aromatic rings. The van der Waals surface area contributed by atoms with Crippen molar-refractivity contribution in [1.82, 2.24) is 0 Å². The molecule has 0 saturated heterocycles. The summed E-state index contributed by atoms with van der Waals surface area (Å²) in [6, 6.07) is 0. The molecule has 0 bridgehead atoms. The Morgan fingerprint density at radius 1 is 1.56 bits per heavy atom. The first-order valence-corrected chi connectivity index (χ1v) is 2.50. The predicted octanol–water partition coefficient (Wildman–Crippen LogP) is 0.0592. The number of Topliss-reactive ketones (excluding diaryl/α,β-unsaturated/α-hetero) is 1. The molecule has 0 saturated carbocycles. The van der Waals surface area contributed by atoms with Crippen LogP contribution in [0.15, 0.2) is 0 Å². The van der Waals surface area contributed by atoms with Gasteiger partial charge in [-0.25, -0.2) is 4.79 Å². The average Bonchev–Trinajstić information content (AvgIpc) is 1.63. The van der Waals surface area contributed by atoms with Gasteiger partial charge >= 0.3 is 6.09 Å². The molecule has 2 N–H and O–H groups in total. The lowest BCUT2D eigenvalue weighted by molar-refractivity contribution is -0.124. The minimum atomic E-state index is -0.919. The molecule has 4 nitrogen and oxygen atoms in total. The highest BCUT2D eigenvalue weighted by Crippen LogP contribution is 1.89. The highest BCUT2D eigenvalue weighted by Gasteiger charge is 2.09. The molecular weight excluding hydrogens is 122 g/mol. The van der Waals surface area contributed by atoms with Crippen LogP contribution in [0.5, 0.6) is 0 Å². The Morgan fingerprint density at radius 2 is 2.00 bits per heavy atom. The second kappa shape index (κ2) is 3.06. The SMILES string of the molecule is CC(=O)[C@@H](C)OC(N)=O. The van der Waals surface area contributed by atoms with Crippen molar-refractivity contribution in [3.8, 4) is 0 Å². The number of primary amides is 1. The van der Waals surface area contributed by atoms with Crippen molar-refractivity contribution >= 4 is 11.9 Å². The Morgan fingerprint density at radius 3 is 2.11 bits per heavy atom. The predicted molar refractivity (Wildman–Crippen MR) is 30.8 cm³/mol. The minimum absolute atomic E-state index is 0.214. The van der Waals surface area contributed by atoms with Gasteiger partial charge in [0.25, 0.3) is 0 Å². The van der Waals surface area contributed by atoms with Crippen LogP contribution >= 0.6 is 0 Å². The van der Waals surface area contributed by atoms with E-state index in [-0.39, 0.29) is 5.78 Å².